The van der Waals surface area contributed by atoms with Gasteiger partial charge in [-0.2, -0.15) is 0 Å². The van der Waals surface area contributed by atoms with Crippen molar-refractivity contribution in [1.82, 2.24) is 10.6 Å². The van der Waals surface area contributed by atoms with Gasteiger partial charge in [0.15, 0.2) is 12.1 Å². The third kappa shape index (κ3) is 12.2. The molecule has 1 saturated carbocycles. The minimum absolute atomic E-state index is 0.00525. The van der Waals surface area contributed by atoms with Gasteiger partial charge in [0.2, 0.25) is 11.8 Å². The molecule has 4 N–H and O–H groups in total. The van der Waals surface area contributed by atoms with Gasteiger partial charge in [-0.3, -0.25) is 9.59 Å². The zero-order chi connectivity index (χ0) is 26.8. The van der Waals surface area contributed by atoms with E-state index in [0.29, 0.717) is 25.7 Å². The Hall–Kier alpha value is -2.20. The second-order valence-electron chi connectivity index (χ2n) is 9.77. The number of unbranched alkanes of at least 4 members (excludes halogenated alkanes) is 4. The maximum atomic E-state index is 12.8. The summed E-state index contributed by atoms with van der Waals surface area (Å²) in [5.74, 6) is -2.24. The first-order valence-corrected chi connectivity index (χ1v) is 13.4. The van der Waals surface area contributed by atoms with E-state index in [4.69, 9.17) is 9.47 Å². The largest absolute Gasteiger partial charge is 0.464 e. The van der Waals surface area contributed by atoms with E-state index < -0.39 is 54.5 Å². The molecule has 0 saturated heterocycles. The predicted molar refractivity (Wildman–Crippen MR) is 134 cm³/mol. The molecule has 0 heterocycles. The maximum absolute atomic E-state index is 12.8. The topological polar surface area (TPSA) is 151 Å². The van der Waals surface area contributed by atoms with Crippen LogP contribution in [0.15, 0.2) is 0 Å². The molecule has 36 heavy (non-hydrogen) atoms. The van der Waals surface area contributed by atoms with Crippen LogP contribution < -0.4 is 10.6 Å². The standard InChI is InChI=1S/C26H46N2O8/c1-3-5-10-14-35-24(33)20(18-29)27-22(31)16-26(12-8-7-9-13-26)17-23(32)28-21(19-30)25(34)36-15-11-6-4-2/h20-21,29-30H,3-19H2,1-2H3,(H,27,31)(H,28,32)/t20-,21-/m1/s1. The molecule has 0 aromatic heterocycles. The molecule has 2 atom stereocenters. The predicted octanol–water partition coefficient (Wildman–Crippen LogP) is 2.14. The molecule has 10 heteroatoms. The van der Waals surface area contributed by atoms with Gasteiger partial charge < -0.3 is 30.3 Å². The summed E-state index contributed by atoms with van der Waals surface area (Å²) >= 11 is 0. The van der Waals surface area contributed by atoms with Crippen molar-refractivity contribution in [2.75, 3.05) is 26.4 Å². The van der Waals surface area contributed by atoms with E-state index in [0.717, 1.165) is 44.9 Å². The van der Waals surface area contributed by atoms with Crippen LogP contribution in [0.25, 0.3) is 0 Å². The smallest absolute Gasteiger partial charge is 0.331 e. The van der Waals surface area contributed by atoms with Crippen molar-refractivity contribution < 1.29 is 38.9 Å². The second kappa shape index (κ2) is 18.1. The molecule has 1 aliphatic carbocycles. The average molecular weight is 515 g/mol. The van der Waals surface area contributed by atoms with Gasteiger partial charge in [-0.15, -0.1) is 0 Å². The molecule has 0 spiro atoms. The van der Waals surface area contributed by atoms with Gasteiger partial charge in [0.1, 0.15) is 0 Å². The van der Waals surface area contributed by atoms with E-state index in [1.54, 1.807) is 0 Å². The quantitative estimate of drug-likeness (QED) is 0.160. The summed E-state index contributed by atoms with van der Waals surface area (Å²) in [6.45, 7) is 3.37. The number of carbonyl (C=O) groups excluding carboxylic acids is 4. The molecule has 2 amide bonds. The Morgan fingerprint density at radius 3 is 1.50 bits per heavy atom. The molecule has 1 fully saturated rings. The lowest BCUT2D eigenvalue weighted by atomic mass is 9.69. The third-order valence-electron chi connectivity index (χ3n) is 6.57. The Balaban J connectivity index is 2.69. The second-order valence-corrected chi connectivity index (χ2v) is 9.77. The summed E-state index contributed by atoms with van der Waals surface area (Å²) in [6, 6.07) is -2.32. The van der Waals surface area contributed by atoms with Gasteiger partial charge in [0.25, 0.3) is 0 Å². The van der Waals surface area contributed by atoms with Gasteiger partial charge in [-0.1, -0.05) is 58.8 Å². The number of nitrogens with one attached hydrogen (secondary N) is 2. The van der Waals surface area contributed by atoms with Crippen molar-refractivity contribution in [3.05, 3.63) is 0 Å². The molecule has 1 aliphatic rings. The lowest BCUT2D eigenvalue weighted by Crippen LogP contribution is -2.48. The molecule has 208 valence electrons. The highest BCUT2D eigenvalue weighted by Gasteiger charge is 2.38. The Morgan fingerprint density at radius 2 is 1.14 bits per heavy atom. The first-order chi connectivity index (χ1) is 17.3. The van der Waals surface area contributed by atoms with E-state index in [2.05, 4.69) is 10.6 Å². The summed E-state index contributed by atoms with van der Waals surface area (Å²) < 4.78 is 10.3. The van der Waals surface area contributed by atoms with E-state index in [9.17, 15) is 29.4 Å². The fourth-order valence-electron chi connectivity index (χ4n) is 4.50. The van der Waals surface area contributed by atoms with E-state index in [1.807, 2.05) is 13.8 Å². The van der Waals surface area contributed by atoms with Crippen LogP contribution in [0.3, 0.4) is 0 Å². The molecule has 0 aromatic carbocycles. The fraction of sp³-hybridized carbons (Fsp3) is 0.846. The van der Waals surface area contributed by atoms with Crippen LogP contribution in [0.4, 0.5) is 0 Å². The van der Waals surface area contributed by atoms with Crippen molar-refractivity contribution in [3.63, 3.8) is 0 Å². The van der Waals surface area contributed by atoms with Gasteiger partial charge in [-0.05, 0) is 31.1 Å². The van der Waals surface area contributed by atoms with Crippen LogP contribution in [0, 0.1) is 5.41 Å². The van der Waals surface area contributed by atoms with E-state index in [1.165, 1.54) is 0 Å². The van der Waals surface area contributed by atoms with Crippen molar-refractivity contribution in [2.24, 2.45) is 5.41 Å². The first kappa shape index (κ1) is 31.8. The van der Waals surface area contributed by atoms with Crippen LogP contribution in [0.2, 0.25) is 0 Å². The zero-order valence-electron chi connectivity index (χ0n) is 22.0. The normalized spacial score (nSPS) is 16.4. The Bertz CT molecular complexity index is 629. The van der Waals surface area contributed by atoms with Gasteiger partial charge in [0.05, 0.1) is 26.4 Å². The molecule has 0 aromatic rings. The highest BCUT2D eigenvalue weighted by molar-refractivity contribution is 5.87. The number of esters is 2. The van der Waals surface area contributed by atoms with Gasteiger partial charge in [-0.25, -0.2) is 9.59 Å². The summed E-state index contributed by atoms with van der Waals surface area (Å²) in [7, 11) is 0. The summed E-state index contributed by atoms with van der Waals surface area (Å²) in [5, 5.41) is 24.3. The molecule has 1 rings (SSSR count). The number of aliphatic hydroxyl groups excluding tert-OH is 2. The Labute approximate surface area is 214 Å². The molecule has 0 unspecified atom stereocenters. The van der Waals surface area contributed by atoms with Crippen LogP contribution >= 0.6 is 0 Å². The number of hydrogen-bond donors (Lipinski definition) is 4. The lowest BCUT2D eigenvalue weighted by Gasteiger charge is -2.37. The summed E-state index contributed by atoms with van der Waals surface area (Å²) in [6.07, 6.45) is 9.23. The number of rotatable bonds is 18. The third-order valence-corrected chi connectivity index (χ3v) is 6.57. The van der Waals surface area contributed by atoms with Crippen LogP contribution in [0.5, 0.6) is 0 Å². The fourth-order valence-corrected chi connectivity index (χ4v) is 4.50. The highest BCUT2D eigenvalue weighted by atomic mass is 16.5. The van der Waals surface area contributed by atoms with Crippen LogP contribution in [-0.4, -0.2) is 72.5 Å². The minimum atomic E-state index is -1.16. The number of aliphatic hydroxyl groups is 2. The van der Waals surface area contributed by atoms with Crippen molar-refractivity contribution in [2.45, 2.75) is 109 Å². The maximum Gasteiger partial charge on any atom is 0.331 e. The number of hydrogen-bond acceptors (Lipinski definition) is 8. The number of carbonyl (C=O) groups is 4. The molecule has 0 aliphatic heterocycles. The SMILES string of the molecule is CCCCCOC(=O)[C@@H](CO)NC(=O)CC1(CC(=O)N[C@H](CO)C(=O)OCCCCC)CCCCC1. The zero-order valence-corrected chi connectivity index (χ0v) is 22.0. The molecule has 10 nitrogen and oxygen atoms in total. The van der Waals surface area contributed by atoms with Crippen molar-refractivity contribution in [3.8, 4) is 0 Å². The lowest BCUT2D eigenvalue weighted by molar-refractivity contribution is -0.150. The van der Waals surface area contributed by atoms with Gasteiger partial charge in [0, 0.05) is 12.8 Å². The van der Waals surface area contributed by atoms with E-state index >= 15 is 0 Å². The van der Waals surface area contributed by atoms with Crippen LogP contribution in [-0.2, 0) is 28.7 Å². The Morgan fingerprint density at radius 1 is 0.722 bits per heavy atom. The number of ether oxygens (including phenoxy) is 2. The van der Waals surface area contributed by atoms with Gasteiger partial charge >= 0.3 is 11.9 Å². The van der Waals surface area contributed by atoms with Crippen molar-refractivity contribution in [1.29, 1.82) is 0 Å². The minimum Gasteiger partial charge on any atom is -0.464 e. The molecular formula is C26H46N2O8. The molecule has 0 radical (unpaired) electrons. The average Bonchev–Trinajstić information content (AvgIpc) is 2.86. The van der Waals surface area contributed by atoms with Crippen molar-refractivity contribution >= 4 is 23.8 Å². The monoisotopic (exact) mass is 514 g/mol. The summed E-state index contributed by atoms with van der Waals surface area (Å²) in [4.78, 5) is 50.1. The Kier molecular flexibility index (Phi) is 16.0. The molecule has 0 bridgehead atoms. The van der Waals surface area contributed by atoms with E-state index in [-0.39, 0.29) is 26.1 Å². The summed E-state index contributed by atoms with van der Waals surface area (Å²) in [5.41, 5.74) is -0.636. The highest BCUT2D eigenvalue weighted by Crippen LogP contribution is 2.42. The first-order valence-electron chi connectivity index (χ1n) is 13.4. The molecular weight excluding hydrogens is 468 g/mol. The number of amides is 2. The van der Waals surface area contributed by atoms with Crippen LogP contribution in [0.1, 0.15) is 97.3 Å².